The molecule has 82 valence electrons. The third-order valence-corrected chi connectivity index (χ3v) is 3.13. The molecule has 1 saturated carbocycles. The number of phenolic OH excluding ortho intramolecular Hbond substituents is 1. The van der Waals surface area contributed by atoms with E-state index in [0.29, 0.717) is 17.5 Å². The minimum Gasteiger partial charge on any atom is -0.507 e. The Labute approximate surface area is 88.9 Å². The van der Waals surface area contributed by atoms with Crippen LogP contribution in [0.25, 0.3) is 0 Å². The van der Waals surface area contributed by atoms with E-state index in [2.05, 4.69) is 0 Å². The standard InChI is InChI=1S/C12H16FNO/c1-8-6-10(13)7-9(11(8)15)2-3-12(14)4-5-12/h6-7,15H,2-5,14H2,1H3. The normalized spacial score (nSPS) is 17.8. The Morgan fingerprint density at radius 1 is 1.47 bits per heavy atom. The number of halogens is 1. The van der Waals surface area contributed by atoms with Crippen molar-refractivity contribution >= 4 is 0 Å². The van der Waals surface area contributed by atoms with Crippen LogP contribution in [-0.2, 0) is 6.42 Å². The topological polar surface area (TPSA) is 46.2 Å². The van der Waals surface area contributed by atoms with Crippen LogP contribution in [0, 0.1) is 12.7 Å². The summed E-state index contributed by atoms with van der Waals surface area (Å²) in [6, 6.07) is 2.74. The van der Waals surface area contributed by atoms with Gasteiger partial charge < -0.3 is 10.8 Å². The molecule has 0 radical (unpaired) electrons. The van der Waals surface area contributed by atoms with Crippen molar-refractivity contribution < 1.29 is 9.50 Å². The van der Waals surface area contributed by atoms with Gasteiger partial charge in [-0.2, -0.15) is 0 Å². The predicted molar refractivity (Wildman–Crippen MR) is 57.3 cm³/mol. The average Bonchev–Trinajstić information content (AvgIpc) is 2.88. The van der Waals surface area contributed by atoms with E-state index in [1.165, 1.54) is 12.1 Å². The zero-order chi connectivity index (χ0) is 11.1. The molecule has 1 aromatic rings. The number of nitrogens with two attached hydrogens (primary N) is 1. The van der Waals surface area contributed by atoms with Crippen LogP contribution in [0.1, 0.15) is 30.4 Å². The fourth-order valence-corrected chi connectivity index (χ4v) is 1.79. The van der Waals surface area contributed by atoms with Crippen molar-refractivity contribution in [3.8, 4) is 5.75 Å². The monoisotopic (exact) mass is 209 g/mol. The van der Waals surface area contributed by atoms with Gasteiger partial charge in [-0.3, -0.25) is 0 Å². The van der Waals surface area contributed by atoms with Crippen LogP contribution >= 0.6 is 0 Å². The minimum absolute atomic E-state index is 0.0489. The maximum Gasteiger partial charge on any atom is 0.124 e. The van der Waals surface area contributed by atoms with E-state index in [1.54, 1.807) is 6.92 Å². The van der Waals surface area contributed by atoms with Crippen molar-refractivity contribution in [1.29, 1.82) is 0 Å². The molecule has 1 aliphatic rings. The summed E-state index contributed by atoms with van der Waals surface area (Å²) in [5.74, 6) is -0.0807. The molecule has 1 aliphatic carbocycles. The Balaban J connectivity index is 2.13. The first-order valence-electron chi connectivity index (χ1n) is 5.27. The van der Waals surface area contributed by atoms with Crippen molar-refractivity contribution in [2.45, 2.75) is 38.1 Å². The molecule has 0 bridgehead atoms. The number of rotatable bonds is 3. The molecule has 0 aromatic heterocycles. The summed E-state index contributed by atoms with van der Waals surface area (Å²) in [6.45, 7) is 1.71. The van der Waals surface area contributed by atoms with Crippen molar-refractivity contribution in [2.24, 2.45) is 5.73 Å². The molecule has 0 heterocycles. The molecule has 2 rings (SSSR count). The van der Waals surface area contributed by atoms with Gasteiger partial charge in [0.1, 0.15) is 11.6 Å². The van der Waals surface area contributed by atoms with E-state index >= 15 is 0 Å². The Morgan fingerprint density at radius 3 is 2.73 bits per heavy atom. The highest BCUT2D eigenvalue weighted by Gasteiger charge is 2.37. The van der Waals surface area contributed by atoms with Crippen molar-refractivity contribution in [3.05, 3.63) is 29.1 Å². The Hall–Kier alpha value is -1.09. The lowest BCUT2D eigenvalue weighted by atomic mass is 10.0. The summed E-state index contributed by atoms with van der Waals surface area (Å²) < 4.78 is 13.1. The molecule has 3 heteroatoms. The lowest BCUT2D eigenvalue weighted by Crippen LogP contribution is -2.22. The lowest BCUT2D eigenvalue weighted by Gasteiger charge is -2.11. The van der Waals surface area contributed by atoms with Gasteiger partial charge in [0, 0.05) is 5.54 Å². The smallest absolute Gasteiger partial charge is 0.124 e. The molecule has 0 amide bonds. The third kappa shape index (κ3) is 2.29. The van der Waals surface area contributed by atoms with Gasteiger partial charge in [0.2, 0.25) is 0 Å². The van der Waals surface area contributed by atoms with Crippen LogP contribution in [0.2, 0.25) is 0 Å². The van der Waals surface area contributed by atoms with E-state index in [9.17, 15) is 9.50 Å². The van der Waals surface area contributed by atoms with Crippen LogP contribution in [0.4, 0.5) is 4.39 Å². The van der Waals surface area contributed by atoms with Crippen molar-refractivity contribution in [1.82, 2.24) is 0 Å². The second kappa shape index (κ2) is 3.49. The number of phenols is 1. The first-order valence-corrected chi connectivity index (χ1v) is 5.27. The van der Waals surface area contributed by atoms with Gasteiger partial charge in [-0.05, 0) is 55.9 Å². The number of hydrogen-bond donors (Lipinski definition) is 2. The number of aryl methyl sites for hydroxylation is 2. The molecule has 1 fully saturated rings. The van der Waals surface area contributed by atoms with E-state index in [1.807, 2.05) is 0 Å². The molecule has 15 heavy (non-hydrogen) atoms. The highest BCUT2D eigenvalue weighted by atomic mass is 19.1. The zero-order valence-electron chi connectivity index (χ0n) is 8.89. The quantitative estimate of drug-likeness (QED) is 0.802. The zero-order valence-corrected chi connectivity index (χ0v) is 8.89. The molecule has 0 saturated heterocycles. The van der Waals surface area contributed by atoms with E-state index in [4.69, 9.17) is 5.73 Å². The summed E-state index contributed by atoms with van der Waals surface area (Å²) in [5.41, 5.74) is 7.16. The summed E-state index contributed by atoms with van der Waals surface area (Å²) in [4.78, 5) is 0. The molecule has 0 unspecified atom stereocenters. The Kier molecular flexibility index (Phi) is 2.43. The van der Waals surface area contributed by atoms with Crippen LogP contribution in [-0.4, -0.2) is 10.6 Å². The average molecular weight is 209 g/mol. The Bertz CT molecular complexity index is 385. The fourth-order valence-electron chi connectivity index (χ4n) is 1.79. The molecule has 1 aromatic carbocycles. The molecular formula is C12H16FNO. The van der Waals surface area contributed by atoms with Gasteiger partial charge >= 0.3 is 0 Å². The minimum atomic E-state index is -0.290. The maximum atomic E-state index is 13.1. The summed E-state index contributed by atoms with van der Waals surface area (Å²) in [6.07, 6.45) is 3.56. The van der Waals surface area contributed by atoms with Gasteiger partial charge in [-0.15, -0.1) is 0 Å². The highest BCUT2D eigenvalue weighted by molar-refractivity contribution is 5.40. The van der Waals surface area contributed by atoms with Crippen molar-refractivity contribution in [3.63, 3.8) is 0 Å². The fraction of sp³-hybridized carbons (Fsp3) is 0.500. The van der Waals surface area contributed by atoms with Crippen LogP contribution < -0.4 is 5.73 Å². The molecule has 0 aliphatic heterocycles. The molecular weight excluding hydrogens is 193 g/mol. The summed E-state index contributed by atoms with van der Waals surface area (Å²) in [7, 11) is 0. The number of hydrogen-bond acceptors (Lipinski definition) is 2. The SMILES string of the molecule is Cc1cc(F)cc(CCC2(N)CC2)c1O. The maximum absolute atomic E-state index is 13.1. The highest BCUT2D eigenvalue weighted by Crippen LogP contribution is 2.37. The summed E-state index contributed by atoms with van der Waals surface area (Å²) >= 11 is 0. The first-order chi connectivity index (χ1) is 7.00. The second-order valence-electron chi connectivity index (χ2n) is 4.59. The molecule has 2 nitrogen and oxygen atoms in total. The summed E-state index contributed by atoms with van der Waals surface area (Å²) in [5, 5.41) is 9.73. The van der Waals surface area contributed by atoms with Gasteiger partial charge in [-0.1, -0.05) is 0 Å². The van der Waals surface area contributed by atoms with Gasteiger partial charge in [0.25, 0.3) is 0 Å². The second-order valence-corrected chi connectivity index (χ2v) is 4.59. The third-order valence-electron chi connectivity index (χ3n) is 3.13. The lowest BCUT2D eigenvalue weighted by molar-refractivity contribution is 0.457. The first kappa shape index (κ1) is 10.4. The van der Waals surface area contributed by atoms with E-state index < -0.39 is 0 Å². The molecule has 0 atom stereocenters. The van der Waals surface area contributed by atoms with Crippen molar-refractivity contribution in [2.75, 3.05) is 0 Å². The van der Waals surface area contributed by atoms with Gasteiger partial charge in [0.05, 0.1) is 0 Å². The van der Waals surface area contributed by atoms with E-state index in [0.717, 1.165) is 19.3 Å². The Morgan fingerprint density at radius 2 is 2.13 bits per heavy atom. The van der Waals surface area contributed by atoms with Crippen LogP contribution in [0.5, 0.6) is 5.75 Å². The molecule has 0 spiro atoms. The van der Waals surface area contributed by atoms with Gasteiger partial charge in [-0.25, -0.2) is 4.39 Å². The van der Waals surface area contributed by atoms with Crippen LogP contribution in [0.3, 0.4) is 0 Å². The number of benzene rings is 1. The van der Waals surface area contributed by atoms with Gasteiger partial charge in [0.15, 0.2) is 0 Å². The molecule has 3 N–H and O–H groups in total. The van der Waals surface area contributed by atoms with E-state index in [-0.39, 0.29) is 17.1 Å². The number of aromatic hydroxyl groups is 1. The predicted octanol–water partition coefficient (Wildman–Crippen LogP) is 2.26. The largest absolute Gasteiger partial charge is 0.507 e. The van der Waals surface area contributed by atoms with Crippen LogP contribution in [0.15, 0.2) is 12.1 Å².